The number of nitrogens with one attached hydrogen (secondary N) is 1. The quantitative estimate of drug-likeness (QED) is 0.863. The lowest BCUT2D eigenvalue weighted by Gasteiger charge is -2.33. The number of carbonyl (C=O) groups excluding carboxylic acids is 1. The topological polar surface area (TPSA) is 41.6 Å². The summed E-state index contributed by atoms with van der Waals surface area (Å²) in [5.41, 5.74) is 1.05. The zero-order chi connectivity index (χ0) is 15.1. The van der Waals surface area contributed by atoms with Crippen molar-refractivity contribution in [1.29, 1.82) is 0 Å². The van der Waals surface area contributed by atoms with E-state index in [1.165, 1.54) is 0 Å². The Hall–Kier alpha value is -1.26. The van der Waals surface area contributed by atoms with Gasteiger partial charge < -0.3 is 15.0 Å². The number of nitrogens with zero attached hydrogens (tertiary/aromatic N) is 1. The van der Waals surface area contributed by atoms with Crippen molar-refractivity contribution in [3.63, 3.8) is 0 Å². The summed E-state index contributed by atoms with van der Waals surface area (Å²) < 4.78 is 5.80. The van der Waals surface area contributed by atoms with Crippen LogP contribution in [-0.2, 0) is 11.2 Å². The van der Waals surface area contributed by atoms with E-state index >= 15 is 0 Å². The molecule has 1 aromatic carbocycles. The molecule has 5 heteroatoms. The summed E-state index contributed by atoms with van der Waals surface area (Å²) >= 11 is 6.07. The van der Waals surface area contributed by atoms with Crippen molar-refractivity contribution in [3.8, 4) is 5.75 Å². The Morgan fingerprint density at radius 1 is 1.27 bits per heavy atom. The van der Waals surface area contributed by atoms with Crippen LogP contribution < -0.4 is 10.1 Å². The number of hydrogen-bond acceptors (Lipinski definition) is 3. The summed E-state index contributed by atoms with van der Waals surface area (Å²) in [6.45, 7) is 2.43. The van der Waals surface area contributed by atoms with Crippen LogP contribution in [0.4, 0.5) is 0 Å². The maximum atomic E-state index is 13.0. The number of rotatable bonds is 1. The van der Waals surface area contributed by atoms with E-state index in [4.69, 9.17) is 16.3 Å². The van der Waals surface area contributed by atoms with Crippen LogP contribution >= 0.6 is 11.6 Å². The van der Waals surface area contributed by atoms with Crippen LogP contribution in [0.15, 0.2) is 18.2 Å². The Morgan fingerprint density at radius 2 is 2.14 bits per heavy atom. The van der Waals surface area contributed by atoms with Gasteiger partial charge in [0.25, 0.3) is 0 Å². The van der Waals surface area contributed by atoms with Gasteiger partial charge in [-0.1, -0.05) is 11.6 Å². The van der Waals surface area contributed by atoms with Crippen LogP contribution in [0.3, 0.4) is 0 Å². The standard InChI is InChI=1S/C17H21ClN2O2/c18-13-1-4-16-11(8-13)7-12(10-22-16)17(21)20-14-2-3-15(20)9-19-6-5-14/h1,4,8,12,14-15,19H,2-3,5-7,9-10H2. The first kappa shape index (κ1) is 14.3. The van der Waals surface area contributed by atoms with Gasteiger partial charge in [0.05, 0.1) is 5.92 Å². The molecule has 1 aromatic rings. The van der Waals surface area contributed by atoms with Crippen molar-refractivity contribution in [2.75, 3.05) is 19.7 Å². The Morgan fingerprint density at radius 3 is 3.05 bits per heavy atom. The van der Waals surface area contributed by atoms with Crippen LogP contribution in [0.1, 0.15) is 24.8 Å². The van der Waals surface area contributed by atoms with E-state index in [1.807, 2.05) is 18.2 Å². The van der Waals surface area contributed by atoms with Crippen LogP contribution in [0.5, 0.6) is 5.75 Å². The van der Waals surface area contributed by atoms with E-state index in [9.17, 15) is 4.79 Å². The molecule has 1 N–H and O–H groups in total. The zero-order valence-corrected chi connectivity index (χ0v) is 13.3. The fourth-order valence-electron chi connectivity index (χ4n) is 4.07. The zero-order valence-electron chi connectivity index (χ0n) is 12.6. The summed E-state index contributed by atoms with van der Waals surface area (Å²) in [7, 11) is 0. The molecule has 3 atom stereocenters. The molecule has 3 unspecified atom stereocenters. The summed E-state index contributed by atoms with van der Waals surface area (Å²) in [5.74, 6) is 1.06. The third kappa shape index (κ3) is 2.48. The number of halogens is 1. The number of benzene rings is 1. The molecule has 4 rings (SSSR count). The second-order valence-electron chi connectivity index (χ2n) is 6.59. The van der Waals surface area contributed by atoms with Gasteiger partial charge in [0.1, 0.15) is 12.4 Å². The number of amides is 1. The Labute approximate surface area is 135 Å². The predicted octanol–water partition coefficient (Wildman–Crippen LogP) is 2.24. The van der Waals surface area contributed by atoms with Crippen molar-refractivity contribution >= 4 is 17.5 Å². The minimum atomic E-state index is -0.0767. The van der Waals surface area contributed by atoms with E-state index in [1.54, 1.807) is 0 Å². The van der Waals surface area contributed by atoms with Crippen molar-refractivity contribution in [3.05, 3.63) is 28.8 Å². The number of carbonyl (C=O) groups is 1. The third-order valence-corrected chi connectivity index (χ3v) is 5.42. The molecule has 1 amide bonds. The smallest absolute Gasteiger partial charge is 0.230 e. The van der Waals surface area contributed by atoms with E-state index in [0.717, 1.165) is 50.1 Å². The molecule has 0 aromatic heterocycles. The number of fused-ring (bicyclic) bond motifs is 3. The summed E-state index contributed by atoms with van der Waals surface area (Å²) in [5, 5.41) is 4.15. The normalized spacial score (nSPS) is 30.4. The Balaban J connectivity index is 1.54. The molecule has 3 aliphatic heterocycles. The van der Waals surface area contributed by atoms with Crippen LogP contribution in [-0.4, -0.2) is 42.6 Å². The minimum Gasteiger partial charge on any atom is -0.492 e. The molecule has 3 heterocycles. The van der Waals surface area contributed by atoms with Gasteiger partial charge in [-0.2, -0.15) is 0 Å². The van der Waals surface area contributed by atoms with Gasteiger partial charge in [0, 0.05) is 23.7 Å². The van der Waals surface area contributed by atoms with E-state index < -0.39 is 0 Å². The molecule has 4 nitrogen and oxygen atoms in total. The van der Waals surface area contributed by atoms with Crippen LogP contribution in [0.2, 0.25) is 5.02 Å². The molecule has 0 aliphatic carbocycles. The van der Waals surface area contributed by atoms with Gasteiger partial charge in [0.15, 0.2) is 0 Å². The summed E-state index contributed by atoms with van der Waals surface area (Å²) in [4.78, 5) is 15.2. The van der Waals surface area contributed by atoms with Gasteiger partial charge in [-0.25, -0.2) is 0 Å². The van der Waals surface area contributed by atoms with Gasteiger partial charge >= 0.3 is 0 Å². The molecule has 2 saturated heterocycles. The lowest BCUT2D eigenvalue weighted by molar-refractivity contribution is -0.139. The lowest BCUT2D eigenvalue weighted by Crippen LogP contribution is -2.47. The van der Waals surface area contributed by atoms with E-state index in [0.29, 0.717) is 23.7 Å². The molecular formula is C17H21ClN2O2. The minimum absolute atomic E-state index is 0.0767. The monoisotopic (exact) mass is 320 g/mol. The number of hydrogen-bond donors (Lipinski definition) is 1. The van der Waals surface area contributed by atoms with Crippen LogP contribution in [0.25, 0.3) is 0 Å². The maximum absolute atomic E-state index is 13.0. The van der Waals surface area contributed by atoms with Gasteiger partial charge in [-0.3, -0.25) is 4.79 Å². The summed E-state index contributed by atoms with van der Waals surface area (Å²) in [6, 6.07) is 6.43. The van der Waals surface area contributed by atoms with Crippen LogP contribution in [0, 0.1) is 5.92 Å². The molecule has 0 spiro atoms. The van der Waals surface area contributed by atoms with Crippen molar-refractivity contribution in [1.82, 2.24) is 10.2 Å². The molecule has 118 valence electrons. The van der Waals surface area contributed by atoms with Crippen molar-refractivity contribution in [2.24, 2.45) is 5.92 Å². The van der Waals surface area contributed by atoms with Crippen molar-refractivity contribution in [2.45, 2.75) is 37.8 Å². The highest BCUT2D eigenvalue weighted by Crippen LogP contribution is 2.34. The van der Waals surface area contributed by atoms with Gasteiger partial charge in [0.2, 0.25) is 5.91 Å². The molecule has 0 radical (unpaired) electrons. The highest BCUT2D eigenvalue weighted by atomic mass is 35.5. The predicted molar refractivity (Wildman–Crippen MR) is 85.3 cm³/mol. The Bertz CT molecular complexity index is 578. The Kier molecular flexibility index (Phi) is 3.74. The molecule has 0 saturated carbocycles. The molecule has 3 aliphatic rings. The SMILES string of the molecule is O=C(C1COc2ccc(Cl)cc2C1)N1C2CCNCC1CC2. The van der Waals surface area contributed by atoms with Gasteiger partial charge in [-0.15, -0.1) is 0 Å². The van der Waals surface area contributed by atoms with E-state index in [2.05, 4.69) is 10.2 Å². The molecule has 2 fully saturated rings. The average Bonchev–Trinajstić information content (AvgIpc) is 2.78. The number of ether oxygens (including phenoxy) is 1. The fourth-order valence-corrected chi connectivity index (χ4v) is 4.27. The fraction of sp³-hybridized carbons (Fsp3) is 0.588. The largest absolute Gasteiger partial charge is 0.492 e. The second kappa shape index (κ2) is 5.74. The maximum Gasteiger partial charge on any atom is 0.230 e. The highest BCUT2D eigenvalue weighted by molar-refractivity contribution is 6.30. The molecule has 2 bridgehead atoms. The molecule has 22 heavy (non-hydrogen) atoms. The third-order valence-electron chi connectivity index (χ3n) is 5.19. The average molecular weight is 321 g/mol. The van der Waals surface area contributed by atoms with Crippen molar-refractivity contribution < 1.29 is 9.53 Å². The van der Waals surface area contributed by atoms with E-state index in [-0.39, 0.29) is 11.8 Å². The first-order chi connectivity index (χ1) is 10.7. The lowest BCUT2D eigenvalue weighted by atomic mass is 9.95. The summed E-state index contributed by atoms with van der Waals surface area (Å²) in [6.07, 6.45) is 4.07. The first-order valence-corrected chi connectivity index (χ1v) is 8.54. The molecular weight excluding hydrogens is 300 g/mol. The first-order valence-electron chi connectivity index (χ1n) is 8.16. The highest BCUT2D eigenvalue weighted by Gasteiger charge is 2.41. The second-order valence-corrected chi connectivity index (χ2v) is 7.02. The van der Waals surface area contributed by atoms with Gasteiger partial charge in [-0.05, 0) is 56.0 Å².